The zero-order valence-corrected chi connectivity index (χ0v) is 6.67. The Morgan fingerprint density at radius 3 is 3.22 bits per heavy atom. The second-order valence-electron chi connectivity index (χ2n) is 1.58. The van der Waals surface area contributed by atoms with Gasteiger partial charge in [-0.2, -0.15) is 11.8 Å². The first kappa shape index (κ1) is 7.09. The summed E-state index contributed by atoms with van der Waals surface area (Å²) in [5, 5.41) is 3.22. The summed E-state index contributed by atoms with van der Waals surface area (Å²) in [6, 6.07) is 0. The van der Waals surface area contributed by atoms with Gasteiger partial charge in [-0.3, -0.25) is 0 Å². The fraction of sp³-hybridized carbons (Fsp3) is 0.333. The van der Waals surface area contributed by atoms with Crippen LogP contribution in [0.5, 0.6) is 0 Å². The standard InChI is InChI=1S/C6H8NS2/c1-8-4-2-6-7-3-5-9-6/h3,5H,1-2,4H2. The molecule has 0 spiro atoms. The Labute approximate surface area is 63.5 Å². The van der Waals surface area contributed by atoms with Gasteiger partial charge in [-0.15, -0.1) is 11.3 Å². The van der Waals surface area contributed by atoms with E-state index in [0.29, 0.717) is 0 Å². The Morgan fingerprint density at radius 1 is 1.78 bits per heavy atom. The van der Waals surface area contributed by atoms with Gasteiger partial charge in [0.25, 0.3) is 0 Å². The molecule has 49 valence electrons. The van der Waals surface area contributed by atoms with Gasteiger partial charge < -0.3 is 0 Å². The van der Waals surface area contributed by atoms with Crippen molar-refractivity contribution in [2.45, 2.75) is 6.42 Å². The van der Waals surface area contributed by atoms with Gasteiger partial charge in [-0.25, -0.2) is 4.98 Å². The maximum atomic E-state index is 4.13. The van der Waals surface area contributed by atoms with E-state index in [-0.39, 0.29) is 0 Å². The van der Waals surface area contributed by atoms with Crippen LogP contribution < -0.4 is 0 Å². The van der Waals surface area contributed by atoms with Crippen molar-refractivity contribution in [3.05, 3.63) is 22.8 Å². The van der Waals surface area contributed by atoms with Crippen molar-refractivity contribution in [2.75, 3.05) is 5.75 Å². The van der Waals surface area contributed by atoms with E-state index >= 15 is 0 Å². The van der Waals surface area contributed by atoms with E-state index in [1.165, 1.54) is 5.01 Å². The van der Waals surface area contributed by atoms with Crippen LogP contribution >= 0.6 is 23.1 Å². The fourth-order valence-electron chi connectivity index (χ4n) is 0.536. The number of aromatic nitrogens is 1. The van der Waals surface area contributed by atoms with Crippen LogP contribution in [0.3, 0.4) is 0 Å². The second-order valence-corrected chi connectivity index (χ2v) is 3.38. The number of thiazole rings is 1. The highest BCUT2D eigenvalue weighted by Crippen LogP contribution is 2.07. The molecule has 1 heterocycles. The monoisotopic (exact) mass is 158 g/mol. The van der Waals surface area contributed by atoms with Crippen LogP contribution in [0.2, 0.25) is 0 Å². The summed E-state index contributed by atoms with van der Waals surface area (Å²) >= 11 is 3.33. The summed E-state index contributed by atoms with van der Waals surface area (Å²) in [5.41, 5.74) is 0. The van der Waals surface area contributed by atoms with Crippen LogP contribution in [0, 0.1) is 6.26 Å². The molecule has 0 N–H and O–H groups in total. The molecule has 1 radical (unpaired) electrons. The highest BCUT2D eigenvalue weighted by Gasteiger charge is 1.91. The van der Waals surface area contributed by atoms with Gasteiger partial charge >= 0.3 is 0 Å². The quantitative estimate of drug-likeness (QED) is 0.669. The lowest BCUT2D eigenvalue weighted by atomic mass is 10.5. The highest BCUT2D eigenvalue weighted by molar-refractivity contribution is 8.00. The van der Waals surface area contributed by atoms with Gasteiger partial charge in [0.15, 0.2) is 0 Å². The summed E-state index contributed by atoms with van der Waals surface area (Å²) in [6.45, 7) is 0. The van der Waals surface area contributed by atoms with Gasteiger partial charge in [0.05, 0.1) is 5.01 Å². The lowest BCUT2D eigenvalue weighted by Gasteiger charge is -1.89. The maximum absolute atomic E-state index is 4.13. The van der Waals surface area contributed by atoms with Crippen LogP contribution in [0.15, 0.2) is 11.6 Å². The summed E-state index contributed by atoms with van der Waals surface area (Å²) in [6.07, 6.45) is 6.58. The topological polar surface area (TPSA) is 12.9 Å². The zero-order chi connectivity index (χ0) is 6.53. The average Bonchev–Trinajstić information content (AvgIpc) is 2.34. The Hall–Kier alpha value is -0.0200. The molecule has 1 rings (SSSR count). The van der Waals surface area contributed by atoms with Crippen LogP contribution in [-0.2, 0) is 6.42 Å². The zero-order valence-electron chi connectivity index (χ0n) is 5.04. The van der Waals surface area contributed by atoms with E-state index in [9.17, 15) is 0 Å². The Balaban J connectivity index is 2.30. The van der Waals surface area contributed by atoms with Gasteiger partial charge in [-0.05, 0) is 5.75 Å². The Kier molecular flexibility index (Phi) is 3.08. The molecular formula is C6H8NS2. The number of hydrogen-bond acceptors (Lipinski definition) is 3. The average molecular weight is 158 g/mol. The Morgan fingerprint density at radius 2 is 2.67 bits per heavy atom. The molecule has 0 aromatic carbocycles. The lowest BCUT2D eigenvalue weighted by Crippen LogP contribution is -1.83. The third-order valence-electron chi connectivity index (χ3n) is 0.944. The molecule has 0 aliphatic heterocycles. The second kappa shape index (κ2) is 3.90. The minimum Gasteiger partial charge on any atom is -0.250 e. The normalized spacial score (nSPS) is 9.89. The van der Waals surface area contributed by atoms with Gasteiger partial charge in [0.2, 0.25) is 0 Å². The van der Waals surface area contributed by atoms with E-state index < -0.39 is 0 Å². The molecule has 0 unspecified atom stereocenters. The summed E-state index contributed by atoms with van der Waals surface area (Å²) in [4.78, 5) is 4.13. The SMILES string of the molecule is [CH2]SCCc1nccs1. The molecule has 1 aromatic heterocycles. The van der Waals surface area contributed by atoms with Crippen molar-refractivity contribution in [3.8, 4) is 0 Å². The number of rotatable bonds is 3. The number of aryl methyl sites for hydroxylation is 1. The fourth-order valence-corrected chi connectivity index (χ4v) is 1.62. The van der Waals surface area contributed by atoms with Crippen LogP contribution in [0.1, 0.15) is 5.01 Å². The van der Waals surface area contributed by atoms with Crippen LogP contribution in [-0.4, -0.2) is 10.7 Å². The number of nitrogens with zero attached hydrogens (tertiary/aromatic N) is 1. The van der Waals surface area contributed by atoms with Crippen LogP contribution in [0.4, 0.5) is 0 Å². The third-order valence-corrected chi connectivity index (χ3v) is 2.28. The van der Waals surface area contributed by atoms with E-state index in [4.69, 9.17) is 0 Å². The minimum atomic E-state index is 1.06. The van der Waals surface area contributed by atoms with Gasteiger partial charge in [-0.1, -0.05) is 0 Å². The summed E-state index contributed by atoms with van der Waals surface area (Å²) in [5.74, 6) is 1.08. The third kappa shape index (κ3) is 2.37. The smallest absolute Gasteiger partial charge is 0.0933 e. The maximum Gasteiger partial charge on any atom is 0.0933 e. The molecule has 0 atom stereocenters. The van der Waals surface area contributed by atoms with E-state index in [2.05, 4.69) is 11.2 Å². The molecule has 0 bridgehead atoms. The molecule has 1 aromatic rings. The number of thioether (sulfide) groups is 1. The van der Waals surface area contributed by atoms with E-state index in [0.717, 1.165) is 12.2 Å². The van der Waals surface area contributed by atoms with Crippen molar-refractivity contribution in [1.29, 1.82) is 0 Å². The first-order chi connectivity index (χ1) is 4.43. The van der Waals surface area contributed by atoms with Crippen LogP contribution in [0.25, 0.3) is 0 Å². The predicted octanol–water partition coefficient (Wildman–Crippen LogP) is 2.21. The summed E-state index contributed by atoms with van der Waals surface area (Å²) in [7, 11) is 0. The molecular weight excluding hydrogens is 150 g/mol. The molecule has 0 aliphatic carbocycles. The molecule has 9 heavy (non-hydrogen) atoms. The molecule has 0 saturated heterocycles. The first-order valence-electron chi connectivity index (χ1n) is 2.69. The molecule has 0 aliphatic rings. The highest BCUT2D eigenvalue weighted by atomic mass is 32.2. The molecule has 0 saturated carbocycles. The molecule has 1 nitrogen and oxygen atoms in total. The minimum absolute atomic E-state index is 1.06. The number of hydrogen-bond donors (Lipinski definition) is 0. The predicted molar refractivity (Wildman–Crippen MR) is 43.6 cm³/mol. The Bertz CT molecular complexity index is 148. The van der Waals surface area contributed by atoms with Crippen molar-refractivity contribution in [3.63, 3.8) is 0 Å². The molecule has 3 heteroatoms. The van der Waals surface area contributed by atoms with Crippen molar-refractivity contribution in [2.24, 2.45) is 0 Å². The largest absolute Gasteiger partial charge is 0.250 e. The summed E-state index contributed by atoms with van der Waals surface area (Å²) < 4.78 is 0. The van der Waals surface area contributed by atoms with Gasteiger partial charge in [0, 0.05) is 24.3 Å². The van der Waals surface area contributed by atoms with Crippen molar-refractivity contribution >= 4 is 23.1 Å². The van der Waals surface area contributed by atoms with E-state index in [1.807, 2.05) is 11.6 Å². The molecule has 0 fully saturated rings. The van der Waals surface area contributed by atoms with E-state index in [1.54, 1.807) is 23.1 Å². The lowest BCUT2D eigenvalue weighted by molar-refractivity contribution is 1.11. The van der Waals surface area contributed by atoms with Gasteiger partial charge in [0.1, 0.15) is 0 Å². The van der Waals surface area contributed by atoms with Crippen molar-refractivity contribution < 1.29 is 0 Å². The molecule has 0 amide bonds. The first-order valence-corrected chi connectivity index (χ1v) is 4.72. The van der Waals surface area contributed by atoms with Crippen molar-refractivity contribution in [1.82, 2.24) is 4.98 Å².